The third-order valence-electron chi connectivity index (χ3n) is 3.95. The van der Waals surface area contributed by atoms with E-state index in [1.54, 1.807) is 0 Å². The summed E-state index contributed by atoms with van der Waals surface area (Å²) >= 11 is 11.3. The molecule has 5 heteroatoms. The Bertz CT molecular complexity index is 616. The van der Waals surface area contributed by atoms with E-state index in [1.165, 1.54) is 23.8 Å². The first-order valence-corrected chi connectivity index (χ1v) is 9.22. The quantitative estimate of drug-likeness (QED) is 0.722. The van der Waals surface area contributed by atoms with Crippen LogP contribution in [0.1, 0.15) is 31.2 Å². The van der Waals surface area contributed by atoms with Gasteiger partial charge in [-0.1, -0.05) is 41.6 Å². The minimum atomic E-state index is -1.02. The van der Waals surface area contributed by atoms with E-state index >= 15 is 0 Å². The first-order chi connectivity index (χ1) is 10.1. The summed E-state index contributed by atoms with van der Waals surface area (Å²) < 4.78 is 1.07. The van der Waals surface area contributed by atoms with Crippen molar-refractivity contribution in [2.24, 2.45) is 0 Å². The number of benzene rings is 1. The molecule has 0 amide bonds. The Balaban J connectivity index is 1.81. The van der Waals surface area contributed by atoms with Crippen molar-refractivity contribution < 1.29 is 5.11 Å². The Morgan fingerprint density at radius 3 is 2.86 bits per heavy atom. The van der Waals surface area contributed by atoms with Crippen LogP contribution in [0, 0.1) is 0 Å². The highest BCUT2D eigenvalue weighted by Crippen LogP contribution is 2.45. The van der Waals surface area contributed by atoms with E-state index in [-0.39, 0.29) is 0 Å². The van der Waals surface area contributed by atoms with E-state index in [4.69, 9.17) is 11.6 Å². The zero-order chi connectivity index (χ0) is 14.9. The highest BCUT2D eigenvalue weighted by Gasteiger charge is 2.37. The summed E-state index contributed by atoms with van der Waals surface area (Å²) in [6.45, 7) is 0. The molecule has 0 saturated heterocycles. The van der Waals surface area contributed by atoms with Crippen molar-refractivity contribution in [3.05, 3.63) is 56.7 Å². The van der Waals surface area contributed by atoms with Gasteiger partial charge in [0.15, 0.2) is 0 Å². The van der Waals surface area contributed by atoms with Gasteiger partial charge in [-0.25, -0.2) is 0 Å². The second-order valence-electron chi connectivity index (χ2n) is 5.32. The van der Waals surface area contributed by atoms with Crippen LogP contribution in [0.25, 0.3) is 0 Å². The number of dihydropyridines is 1. The summed E-state index contributed by atoms with van der Waals surface area (Å²) in [6, 6.07) is 7.79. The number of halogens is 2. The van der Waals surface area contributed by atoms with Crippen molar-refractivity contribution in [2.75, 3.05) is 0 Å². The number of hydrogen-bond donors (Lipinski definition) is 2. The molecule has 112 valence electrons. The van der Waals surface area contributed by atoms with Gasteiger partial charge in [-0.3, -0.25) is 0 Å². The number of aliphatic hydroxyl groups is 1. The van der Waals surface area contributed by atoms with E-state index in [0.29, 0.717) is 5.75 Å². The summed E-state index contributed by atoms with van der Waals surface area (Å²) in [5, 5.41) is 13.9. The van der Waals surface area contributed by atoms with Gasteiger partial charge in [-0.05, 0) is 64.4 Å². The van der Waals surface area contributed by atoms with Crippen LogP contribution in [-0.2, 0) is 5.75 Å². The monoisotopic (exact) mass is 385 g/mol. The van der Waals surface area contributed by atoms with E-state index in [1.807, 2.05) is 30.5 Å². The number of hydrogen-bond acceptors (Lipinski definition) is 3. The maximum Gasteiger partial charge on any atom is 0.208 e. The smallest absolute Gasteiger partial charge is 0.208 e. The third kappa shape index (κ3) is 3.19. The second-order valence-corrected chi connectivity index (χ2v) is 7.75. The van der Waals surface area contributed by atoms with Crippen LogP contribution in [0.5, 0.6) is 0 Å². The van der Waals surface area contributed by atoms with Gasteiger partial charge in [0, 0.05) is 21.5 Å². The highest BCUT2D eigenvalue weighted by molar-refractivity contribution is 9.12. The third-order valence-corrected chi connectivity index (χ3v) is 6.27. The summed E-state index contributed by atoms with van der Waals surface area (Å²) in [4.78, 5) is 0. The molecule has 21 heavy (non-hydrogen) atoms. The average molecular weight is 387 g/mol. The fourth-order valence-corrected chi connectivity index (χ4v) is 4.80. The van der Waals surface area contributed by atoms with Gasteiger partial charge < -0.3 is 10.4 Å². The Morgan fingerprint density at radius 2 is 2.05 bits per heavy atom. The minimum Gasteiger partial charge on any atom is -0.359 e. The molecule has 0 aromatic heterocycles. The number of allylic oxidation sites excluding steroid dienone is 2. The Morgan fingerprint density at radius 1 is 1.29 bits per heavy atom. The van der Waals surface area contributed by atoms with Crippen LogP contribution in [0.4, 0.5) is 0 Å². The molecule has 2 nitrogen and oxygen atoms in total. The largest absolute Gasteiger partial charge is 0.359 e. The lowest BCUT2D eigenvalue weighted by molar-refractivity contribution is 0.143. The van der Waals surface area contributed by atoms with Crippen LogP contribution in [0.3, 0.4) is 0 Å². The van der Waals surface area contributed by atoms with Crippen LogP contribution in [0.2, 0.25) is 5.02 Å². The van der Waals surface area contributed by atoms with Gasteiger partial charge in [0.2, 0.25) is 5.06 Å². The first-order valence-electron chi connectivity index (χ1n) is 7.06. The fraction of sp³-hybridized carbons (Fsp3) is 0.375. The molecule has 3 rings (SSSR count). The van der Waals surface area contributed by atoms with Crippen LogP contribution >= 0.6 is 39.3 Å². The molecule has 1 aromatic carbocycles. The zero-order valence-electron chi connectivity index (χ0n) is 11.5. The molecule has 1 aliphatic heterocycles. The highest BCUT2D eigenvalue weighted by atomic mass is 79.9. The second kappa shape index (κ2) is 6.37. The lowest BCUT2D eigenvalue weighted by Gasteiger charge is -2.38. The van der Waals surface area contributed by atoms with Gasteiger partial charge >= 0.3 is 0 Å². The zero-order valence-corrected chi connectivity index (χ0v) is 14.7. The molecular formula is C16H17BrClNOS. The average Bonchev–Trinajstić information content (AvgIpc) is 2.51. The topological polar surface area (TPSA) is 32.3 Å². The van der Waals surface area contributed by atoms with Crippen molar-refractivity contribution in [3.8, 4) is 0 Å². The lowest BCUT2D eigenvalue weighted by atomic mass is 9.89. The Hall–Kier alpha value is -0.420. The maximum atomic E-state index is 11.0. The van der Waals surface area contributed by atoms with Crippen molar-refractivity contribution >= 4 is 39.3 Å². The number of nitrogens with one attached hydrogen (secondary N) is 1. The summed E-state index contributed by atoms with van der Waals surface area (Å²) in [5.74, 6) is 0.672. The van der Waals surface area contributed by atoms with Gasteiger partial charge in [0.1, 0.15) is 0 Å². The maximum absolute atomic E-state index is 11.0. The predicted octanol–water partition coefficient (Wildman–Crippen LogP) is 4.93. The molecule has 0 bridgehead atoms. The molecule has 0 fully saturated rings. The summed E-state index contributed by atoms with van der Waals surface area (Å²) in [6.07, 6.45) is 6.16. The molecule has 2 N–H and O–H groups in total. The van der Waals surface area contributed by atoms with Crippen molar-refractivity contribution in [2.45, 2.75) is 36.5 Å². The van der Waals surface area contributed by atoms with Crippen molar-refractivity contribution in [3.63, 3.8) is 0 Å². The molecule has 0 saturated carbocycles. The Labute approximate surface area is 142 Å². The van der Waals surface area contributed by atoms with E-state index in [0.717, 1.165) is 39.9 Å². The van der Waals surface area contributed by atoms with Gasteiger partial charge in [0.05, 0.1) is 0 Å². The van der Waals surface area contributed by atoms with Crippen LogP contribution in [0.15, 0.2) is 46.1 Å². The van der Waals surface area contributed by atoms with Crippen molar-refractivity contribution in [1.29, 1.82) is 0 Å². The number of rotatable bonds is 3. The lowest BCUT2D eigenvalue weighted by Crippen LogP contribution is -2.44. The minimum absolute atomic E-state index is 0.672. The molecule has 1 aromatic rings. The van der Waals surface area contributed by atoms with Gasteiger partial charge in [0.25, 0.3) is 0 Å². The van der Waals surface area contributed by atoms with E-state index in [9.17, 15) is 5.11 Å². The fourth-order valence-electron chi connectivity index (χ4n) is 2.80. The van der Waals surface area contributed by atoms with Gasteiger partial charge in [-0.2, -0.15) is 0 Å². The van der Waals surface area contributed by atoms with Crippen LogP contribution in [-0.4, -0.2) is 10.2 Å². The first kappa shape index (κ1) is 15.5. The summed E-state index contributed by atoms with van der Waals surface area (Å²) in [5.41, 5.74) is 3.42. The van der Waals surface area contributed by atoms with Crippen LogP contribution < -0.4 is 5.32 Å². The SMILES string of the molecule is OC1(SCc2ccccc2Cl)NC=C(Br)C2=C1CCCC2. The molecule has 1 heterocycles. The van der Waals surface area contributed by atoms with Crippen molar-refractivity contribution in [1.82, 2.24) is 5.32 Å². The van der Waals surface area contributed by atoms with Gasteiger partial charge in [-0.15, -0.1) is 0 Å². The molecular weight excluding hydrogens is 370 g/mol. The van der Waals surface area contributed by atoms with E-state index < -0.39 is 5.06 Å². The molecule has 1 atom stereocenters. The molecule has 2 aliphatic rings. The molecule has 1 unspecified atom stereocenters. The Kier molecular flexibility index (Phi) is 4.69. The normalized spacial score (nSPS) is 25.2. The molecule has 0 spiro atoms. The van der Waals surface area contributed by atoms with E-state index in [2.05, 4.69) is 21.2 Å². The summed E-state index contributed by atoms with van der Waals surface area (Å²) in [7, 11) is 0. The molecule has 1 aliphatic carbocycles. The molecule has 0 radical (unpaired) electrons. The standard InChI is InChI=1S/C16H17BrClNOS/c17-14-9-19-16(20,13-7-3-2-6-12(13)14)21-10-11-5-1-4-8-15(11)18/h1,4-5,8-9,19-20H,2-3,6-7,10H2. The predicted molar refractivity (Wildman–Crippen MR) is 93.3 cm³/mol. The number of thioether (sulfide) groups is 1.